The van der Waals surface area contributed by atoms with E-state index in [0.717, 1.165) is 18.4 Å². The smallest absolute Gasteiger partial charge is 0.140 e. The van der Waals surface area contributed by atoms with Gasteiger partial charge in [0.15, 0.2) is 0 Å². The van der Waals surface area contributed by atoms with Crippen molar-refractivity contribution in [3.8, 4) is 0 Å². The molecule has 3 unspecified atom stereocenters. The zero-order chi connectivity index (χ0) is 14.0. The highest BCUT2D eigenvalue weighted by atomic mass is 79.9. The Bertz CT molecular complexity index is 433. The molecule has 0 radical (unpaired) electrons. The van der Waals surface area contributed by atoms with Crippen molar-refractivity contribution in [3.63, 3.8) is 0 Å². The van der Waals surface area contributed by atoms with Crippen molar-refractivity contribution in [1.82, 2.24) is 0 Å². The van der Waals surface area contributed by atoms with Crippen LogP contribution in [0.2, 0.25) is 0 Å². The zero-order valence-corrected chi connectivity index (χ0v) is 13.3. The first-order valence-corrected chi connectivity index (χ1v) is 7.97. The molecule has 0 aromatic heterocycles. The molecule has 1 nitrogen and oxygen atoms in total. The maximum atomic E-state index is 14.3. The molecule has 3 heteroatoms. The van der Waals surface area contributed by atoms with Gasteiger partial charge in [0, 0.05) is 0 Å². The molecule has 0 heterocycles. The van der Waals surface area contributed by atoms with Crippen LogP contribution in [0.4, 0.5) is 4.39 Å². The van der Waals surface area contributed by atoms with Crippen LogP contribution in [0.15, 0.2) is 22.7 Å². The van der Waals surface area contributed by atoms with E-state index in [9.17, 15) is 4.39 Å². The SMILES string of the molecule is CC(C)C1CCC(CN)C(c2cccc(Br)c2F)C1. The number of benzene rings is 1. The molecule has 0 bridgehead atoms. The first kappa shape index (κ1) is 15.0. The average molecular weight is 328 g/mol. The molecular weight excluding hydrogens is 305 g/mol. The van der Waals surface area contributed by atoms with E-state index in [4.69, 9.17) is 5.73 Å². The van der Waals surface area contributed by atoms with Crippen LogP contribution in [0.1, 0.15) is 44.6 Å². The first-order valence-electron chi connectivity index (χ1n) is 7.18. The van der Waals surface area contributed by atoms with Crippen molar-refractivity contribution in [3.05, 3.63) is 34.1 Å². The van der Waals surface area contributed by atoms with Crippen LogP contribution in [0.25, 0.3) is 0 Å². The predicted octanol–water partition coefficient (Wildman–Crippen LogP) is 4.70. The maximum Gasteiger partial charge on any atom is 0.140 e. The second-order valence-corrected chi connectivity index (χ2v) is 6.92. The monoisotopic (exact) mass is 327 g/mol. The summed E-state index contributed by atoms with van der Waals surface area (Å²) in [7, 11) is 0. The molecular formula is C16H23BrFN. The van der Waals surface area contributed by atoms with E-state index in [1.807, 2.05) is 12.1 Å². The molecule has 1 aliphatic rings. The van der Waals surface area contributed by atoms with Gasteiger partial charge in [-0.2, -0.15) is 0 Å². The number of hydrogen-bond acceptors (Lipinski definition) is 1. The van der Waals surface area contributed by atoms with Crippen molar-refractivity contribution >= 4 is 15.9 Å². The lowest BCUT2D eigenvalue weighted by atomic mass is 9.68. The quantitative estimate of drug-likeness (QED) is 0.855. The van der Waals surface area contributed by atoms with Crippen molar-refractivity contribution in [1.29, 1.82) is 0 Å². The van der Waals surface area contributed by atoms with Crippen molar-refractivity contribution in [2.45, 2.75) is 39.0 Å². The maximum absolute atomic E-state index is 14.3. The average Bonchev–Trinajstić information content (AvgIpc) is 2.41. The van der Waals surface area contributed by atoms with Gasteiger partial charge in [0.05, 0.1) is 4.47 Å². The Balaban J connectivity index is 2.30. The van der Waals surface area contributed by atoms with Crippen LogP contribution in [-0.4, -0.2) is 6.54 Å². The molecule has 0 amide bonds. The van der Waals surface area contributed by atoms with E-state index in [2.05, 4.69) is 29.8 Å². The van der Waals surface area contributed by atoms with Crippen LogP contribution in [0, 0.1) is 23.6 Å². The Labute approximate surface area is 123 Å². The van der Waals surface area contributed by atoms with E-state index in [1.165, 1.54) is 6.42 Å². The van der Waals surface area contributed by atoms with Crippen LogP contribution in [-0.2, 0) is 0 Å². The fraction of sp³-hybridized carbons (Fsp3) is 0.625. The molecule has 2 N–H and O–H groups in total. The summed E-state index contributed by atoms with van der Waals surface area (Å²) in [5, 5.41) is 0. The highest BCUT2D eigenvalue weighted by Crippen LogP contribution is 2.44. The van der Waals surface area contributed by atoms with Gasteiger partial charge in [-0.25, -0.2) is 4.39 Å². The molecule has 0 saturated heterocycles. The molecule has 1 aromatic carbocycles. The van der Waals surface area contributed by atoms with Gasteiger partial charge in [-0.05, 0) is 77.0 Å². The van der Waals surface area contributed by atoms with Crippen LogP contribution < -0.4 is 5.73 Å². The van der Waals surface area contributed by atoms with Gasteiger partial charge < -0.3 is 5.73 Å². The van der Waals surface area contributed by atoms with Gasteiger partial charge in [-0.3, -0.25) is 0 Å². The van der Waals surface area contributed by atoms with Crippen molar-refractivity contribution < 1.29 is 4.39 Å². The summed E-state index contributed by atoms with van der Waals surface area (Å²) in [6.45, 7) is 5.19. The van der Waals surface area contributed by atoms with E-state index in [1.54, 1.807) is 6.07 Å². The minimum atomic E-state index is -0.102. The fourth-order valence-corrected chi connectivity index (χ4v) is 3.72. The molecule has 1 fully saturated rings. The molecule has 1 aromatic rings. The Hall–Kier alpha value is -0.410. The van der Waals surface area contributed by atoms with E-state index < -0.39 is 0 Å². The topological polar surface area (TPSA) is 26.0 Å². The summed E-state index contributed by atoms with van der Waals surface area (Å²) in [5.41, 5.74) is 6.75. The second-order valence-electron chi connectivity index (χ2n) is 6.06. The number of nitrogens with two attached hydrogens (primary N) is 1. The minimum absolute atomic E-state index is 0.102. The largest absolute Gasteiger partial charge is 0.330 e. The lowest BCUT2D eigenvalue weighted by Crippen LogP contribution is -2.31. The second kappa shape index (κ2) is 6.36. The normalized spacial score (nSPS) is 27.8. The summed E-state index contributed by atoms with van der Waals surface area (Å²) in [4.78, 5) is 0. The van der Waals surface area contributed by atoms with Gasteiger partial charge in [-0.15, -0.1) is 0 Å². The molecule has 1 aliphatic carbocycles. The van der Waals surface area contributed by atoms with E-state index in [-0.39, 0.29) is 11.7 Å². The molecule has 3 atom stereocenters. The Kier molecular flexibility index (Phi) is 5.02. The van der Waals surface area contributed by atoms with Crippen LogP contribution in [0.3, 0.4) is 0 Å². The minimum Gasteiger partial charge on any atom is -0.330 e. The Morgan fingerprint density at radius 2 is 2.11 bits per heavy atom. The zero-order valence-electron chi connectivity index (χ0n) is 11.7. The lowest BCUT2D eigenvalue weighted by molar-refractivity contribution is 0.195. The highest BCUT2D eigenvalue weighted by Gasteiger charge is 2.33. The van der Waals surface area contributed by atoms with Gasteiger partial charge in [0.25, 0.3) is 0 Å². The molecule has 106 valence electrons. The van der Waals surface area contributed by atoms with E-state index >= 15 is 0 Å². The standard InChI is InChI=1S/C16H23BrFN/c1-10(2)11-6-7-12(9-19)14(8-11)13-4-3-5-15(17)16(13)18/h3-5,10-12,14H,6-9,19H2,1-2H3. The van der Waals surface area contributed by atoms with Gasteiger partial charge in [0.2, 0.25) is 0 Å². The van der Waals surface area contributed by atoms with Gasteiger partial charge in [-0.1, -0.05) is 26.0 Å². The molecule has 0 aliphatic heterocycles. The van der Waals surface area contributed by atoms with Gasteiger partial charge >= 0.3 is 0 Å². The summed E-state index contributed by atoms with van der Waals surface area (Å²) >= 11 is 3.29. The number of halogens is 2. The molecule has 2 rings (SSSR count). The van der Waals surface area contributed by atoms with Gasteiger partial charge in [0.1, 0.15) is 5.82 Å². The van der Waals surface area contributed by atoms with Crippen molar-refractivity contribution in [2.75, 3.05) is 6.54 Å². The first-order chi connectivity index (χ1) is 9.04. The fourth-order valence-electron chi connectivity index (χ4n) is 3.34. The van der Waals surface area contributed by atoms with Crippen LogP contribution >= 0.6 is 15.9 Å². The van der Waals surface area contributed by atoms with E-state index in [0.29, 0.717) is 28.8 Å². The summed E-state index contributed by atoms with van der Waals surface area (Å²) in [6, 6.07) is 5.62. The molecule has 1 saturated carbocycles. The third-order valence-corrected chi connectivity index (χ3v) is 5.27. The molecule has 19 heavy (non-hydrogen) atoms. The lowest BCUT2D eigenvalue weighted by Gasteiger charge is -2.38. The highest BCUT2D eigenvalue weighted by molar-refractivity contribution is 9.10. The Morgan fingerprint density at radius 1 is 1.37 bits per heavy atom. The molecule has 0 spiro atoms. The van der Waals surface area contributed by atoms with Crippen molar-refractivity contribution in [2.24, 2.45) is 23.5 Å². The Morgan fingerprint density at radius 3 is 2.74 bits per heavy atom. The third kappa shape index (κ3) is 3.19. The van der Waals surface area contributed by atoms with Crippen LogP contribution in [0.5, 0.6) is 0 Å². The number of hydrogen-bond donors (Lipinski definition) is 1. The summed E-state index contributed by atoms with van der Waals surface area (Å²) in [6.07, 6.45) is 3.41. The summed E-state index contributed by atoms with van der Waals surface area (Å²) in [5.74, 6) is 1.93. The summed E-state index contributed by atoms with van der Waals surface area (Å²) < 4.78 is 14.9. The predicted molar refractivity (Wildman–Crippen MR) is 81.6 cm³/mol. The number of rotatable bonds is 3. The third-order valence-electron chi connectivity index (χ3n) is 4.66.